The van der Waals surface area contributed by atoms with Crippen LogP contribution in [0.4, 0.5) is 0 Å². The van der Waals surface area contributed by atoms with Gasteiger partial charge in [0.05, 0.1) is 12.0 Å². The van der Waals surface area contributed by atoms with Gasteiger partial charge in [-0.05, 0) is 37.3 Å². The average Bonchev–Trinajstić information content (AvgIpc) is 2.75. The van der Waals surface area contributed by atoms with E-state index in [-0.39, 0.29) is 0 Å². The van der Waals surface area contributed by atoms with E-state index in [2.05, 4.69) is 16.0 Å². The second-order valence-corrected chi connectivity index (χ2v) is 3.72. The van der Waals surface area contributed by atoms with Gasteiger partial charge in [-0.25, -0.2) is 9.97 Å². The van der Waals surface area contributed by atoms with Crippen LogP contribution in [-0.2, 0) is 0 Å². The number of rotatable bonds is 1. The fourth-order valence-corrected chi connectivity index (χ4v) is 1.74. The van der Waals surface area contributed by atoms with Crippen LogP contribution in [0.1, 0.15) is 5.69 Å². The minimum Gasteiger partial charge on any atom is -0.464 e. The summed E-state index contributed by atoms with van der Waals surface area (Å²) in [5.74, 6) is 0. The van der Waals surface area contributed by atoms with Crippen LogP contribution >= 0.6 is 0 Å². The van der Waals surface area contributed by atoms with Gasteiger partial charge in [0.2, 0.25) is 0 Å². The van der Waals surface area contributed by atoms with Crippen LogP contribution in [-0.4, -0.2) is 9.97 Å². The molecule has 2 aromatic heterocycles. The van der Waals surface area contributed by atoms with Crippen molar-refractivity contribution in [1.82, 2.24) is 9.97 Å². The third kappa shape index (κ3) is 1.46. The molecule has 0 unspecified atom stereocenters. The van der Waals surface area contributed by atoms with E-state index in [1.165, 1.54) is 0 Å². The zero-order valence-electron chi connectivity index (χ0n) is 8.84. The number of fused-ring (bicyclic) bond motifs is 1. The molecular formula is C13H10N2O. The van der Waals surface area contributed by atoms with Crippen LogP contribution in [0.15, 0.2) is 47.3 Å². The highest BCUT2D eigenvalue weighted by Crippen LogP contribution is 2.23. The molecule has 0 spiro atoms. The first-order valence-corrected chi connectivity index (χ1v) is 5.09. The number of benzene rings is 1. The number of aromatic nitrogens is 2. The molecule has 0 N–H and O–H groups in total. The Labute approximate surface area is 92.8 Å². The molecule has 0 atom stereocenters. The van der Waals surface area contributed by atoms with Crippen molar-refractivity contribution in [2.75, 3.05) is 0 Å². The van der Waals surface area contributed by atoms with Crippen LogP contribution in [0, 0.1) is 6.92 Å². The Morgan fingerprint density at radius 3 is 2.88 bits per heavy atom. The van der Waals surface area contributed by atoms with Crippen molar-refractivity contribution in [2.45, 2.75) is 6.92 Å². The molecule has 0 fully saturated rings. The molecule has 16 heavy (non-hydrogen) atoms. The van der Waals surface area contributed by atoms with E-state index in [1.807, 2.05) is 31.2 Å². The highest BCUT2D eigenvalue weighted by atomic mass is 16.3. The molecular weight excluding hydrogens is 200 g/mol. The summed E-state index contributed by atoms with van der Waals surface area (Å²) in [7, 11) is 0. The van der Waals surface area contributed by atoms with Gasteiger partial charge in [0.25, 0.3) is 0 Å². The summed E-state index contributed by atoms with van der Waals surface area (Å²) in [6.45, 7) is 1.96. The Bertz CT molecular complexity index is 643. The van der Waals surface area contributed by atoms with Crippen molar-refractivity contribution in [2.24, 2.45) is 0 Å². The minimum atomic E-state index is 0.898. The van der Waals surface area contributed by atoms with Crippen LogP contribution in [0.25, 0.3) is 22.2 Å². The van der Waals surface area contributed by atoms with E-state index in [9.17, 15) is 0 Å². The molecule has 0 aliphatic heterocycles. The number of aryl methyl sites for hydroxylation is 1. The molecule has 1 aromatic carbocycles. The number of furan rings is 1. The van der Waals surface area contributed by atoms with E-state index >= 15 is 0 Å². The van der Waals surface area contributed by atoms with Gasteiger partial charge in [0.15, 0.2) is 0 Å². The zero-order chi connectivity index (χ0) is 11.0. The van der Waals surface area contributed by atoms with E-state index in [4.69, 9.17) is 4.42 Å². The smallest absolute Gasteiger partial charge is 0.133 e. The lowest BCUT2D eigenvalue weighted by atomic mass is 10.1. The second kappa shape index (κ2) is 3.45. The van der Waals surface area contributed by atoms with E-state index in [0.29, 0.717) is 0 Å². The van der Waals surface area contributed by atoms with Crippen LogP contribution in [0.2, 0.25) is 0 Å². The fourth-order valence-electron chi connectivity index (χ4n) is 1.74. The first kappa shape index (κ1) is 9.09. The van der Waals surface area contributed by atoms with Gasteiger partial charge < -0.3 is 4.42 Å². The van der Waals surface area contributed by atoms with Crippen molar-refractivity contribution in [3.8, 4) is 11.3 Å². The topological polar surface area (TPSA) is 38.9 Å². The molecule has 0 radical (unpaired) electrons. The quantitative estimate of drug-likeness (QED) is 0.619. The molecule has 0 aliphatic carbocycles. The van der Waals surface area contributed by atoms with Gasteiger partial charge in [0, 0.05) is 16.6 Å². The first-order valence-electron chi connectivity index (χ1n) is 5.09. The lowest BCUT2D eigenvalue weighted by Gasteiger charge is -2.01. The van der Waals surface area contributed by atoms with E-state index < -0.39 is 0 Å². The molecule has 3 heteroatoms. The van der Waals surface area contributed by atoms with Crippen molar-refractivity contribution in [1.29, 1.82) is 0 Å². The minimum absolute atomic E-state index is 0.898. The van der Waals surface area contributed by atoms with Crippen molar-refractivity contribution >= 4 is 11.0 Å². The van der Waals surface area contributed by atoms with Gasteiger partial charge in [0.1, 0.15) is 11.9 Å². The summed E-state index contributed by atoms with van der Waals surface area (Å²) in [5.41, 5.74) is 3.89. The lowest BCUT2D eigenvalue weighted by Crippen LogP contribution is -1.87. The summed E-state index contributed by atoms with van der Waals surface area (Å²) in [6, 6.07) is 9.96. The number of hydrogen-bond donors (Lipinski definition) is 0. The summed E-state index contributed by atoms with van der Waals surface area (Å²) in [4.78, 5) is 8.35. The Morgan fingerprint density at radius 1 is 1.06 bits per heavy atom. The van der Waals surface area contributed by atoms with Gasteiger partial charge in [-0.3, -0.25) is 0 Å². The highest BCUT2D eigenvalue weighted by Gasteiger charge is 2.02. The largest absolute Gasteiger partial charge is 0.464 e. The van der Waals surface area contributed by atoms with Crippen molar-refractivity contribution in [3.05, 3.63) is 48.6 Å². The second-order valence-electron chi connectivity index (χ2n) is 3.72. The maximum absolute atomic E-state index is 5.30. The van der Waals surface area contributed by atoms with Crippen LogP contribution in [0.5, 0.6) is 0 Å². The van der Waals surface area contributed by atoms with E-state index in [1.54, 1.807) is 12.6 Å². The van der Waals surface area contributed by atoms with Crippen molar-refractivity contribution in [3.63, 3.8) is 0 Å². The van der Waals surface area contributed by atoms with E-state index in [0.717, 1.165) is 27.9 Å². The molecule has 0 bridgehead atoms. The average molecular weight is 210 g/mol. The molecule has 0 amide bonds. The third-order valence-electron chi connectivity index (χ3n) is 2.55. The summed E-state index contributed by atoms with van der Waals surface area (Å²) in [5, 5.41) is 1.09. The molecule has 78 valence electrons. The third-order valence-corrected chi connectivity index (χ3v) is 2.55. The Morgan fingerprint density at radius 2 is 2.00 bits per heavy atom. The predicted molar refractivity (Wildman–Crippen MR) is 62.0 cm³/mol. The maximum Gasteiger partial charge on any atom is 0.133 e. The van der Waals surface area contributed by atoms with Gasteiger partial charge in [-0.2, -0.15) is 0 Å². The Hall–Kier alpha value is -2.16. The molecule has 3 rings (SSSR count). The Kier molecular flexibility index (Phi) is 1.96. The highest BCUT2D eigenvalue weighted by molar-refractivity contribution is 5.82. The molecule has 0 aliphatic rings. The Balaban J connectivity index is 2.18. The van der Waals surface area contributed by atoms with Crippen LogP contribution < -0.4 is 0 Å². The van der Waals surface area contributed by atoms with Crippen molar-refractivity contribution < 1.29 is 4.42 Å². The predicted octanol–water partition coefficient (Wildman–Crippen LogP) is 3.20. The standard InChI is InChI=1S/C13H10N2O/c1-9-6-12(15-8-14-9)10-2-3-13-11(7-10)4-5-16-13/h2-8H,1H3. The summed E-state index contributed by atoms with van der Waals surface area (Å²) >= 11 is 0. The molecule has 3 aromatic rings. The summed E-state index contributed by atoms with van der Waals surface area (Å²) < 4.78 is 5.30. The maximum atomic E-state index is 5.30. The first-order chi connectivity index (χ1) is 7.83. The lowest BCUT2D eigenvalue weighted by molar-refractivity contribution is 0.616. The van der Waals surface area contributed by atoms with Gasteiger partial charge in [-0.1, -0.05) is 0 Å². The molecule has 0 saturated heterocycles. The SMILES string of the molecule is Cc1cc(-c2ccc3occc3c2)ncn1. The normalized spacial score (nSPS) is 10.8. The number of nitrogens with zero attached hydrogens (tertiary/aromatic N) is 2. The summed E-state index contributed by atoms with van der Waals surface area (Å²) in [6.07, 6.45) is 3.28. The van der Waals surface area contributed by atoms with Crippen LogP contribution in [0.3, 0.4) is 0 Å². The fraction of sp³-hybridized carbons (Fsp3) is 0.0769. The monoisotopic (exact) mass is 210 g/mol. The molecule has 2 heterocycles. The molecule has 0 saturated carbocycles. The van der Waals surface area contributed by atoms with Gasteiger partial charge >= 0.3 is 0 Å². The van der Waals surface area contributed by atoms with Gasteiger partial charge in [-0.15, -0.1) is 0 Å². The number of hydrogen-bond acceptors (Lipinski definition) is 3. The molecule has 3 nitrogen and oxygen atoms in total. The zero-order valence-corrected chi connectivity index (χ0v) is 8.84.